The van der Waals surface area contributed by atoms with Crippen LogP contribution in [0.25, 0.3) is 0 Å². The zero-order valence-corrected chi connectivity index (χ0v) is 6.03. The molecule has 0 unspecified atom stereocenters. The average Bonchev–Trinajstić information content (AvgIpc) is 2.48. The van der Waals surface area contributed by atoms with Crippen LogP contribution in [0.2, 0.25) is 0 Å². The van der Waals surface area contributed by atoms with Crippen molar-refractivity contribution in [1.29, 1.82) is 0 Å². The third kappa shape index (κ3) is 1.96. The van der Waals surface area contributed by atoms with E-state index in [4.69, 9.17) is 9.26 Å². The van der Waals surface area contributed by atoms with E-state index in [0.29, 0.717) is 24.6 Å². The van der Waals surface area contributed by atoms with Crippen molar-refractivity contribution >= 4 is 6.41 Å². The molecule has 1 heterocycles. The van der Waals surface area contributed by atoms with Gasteiger partial charge in [0.15, 0.2) is 5.76 Å². The van der Waals surface area contributed by atoms with Crippen LogP contribution in [0.3, 0.4) is 0 Å². The number of aromatic nitrogens is 1. The predicted octanol–water partition coefficient (Wildman–Crippen LogP) is -0.0708. The maximum atomic E-state index is 9.85. The van der Waals surface area contributed by atoms with E-state index in [1.165, 1.54) is 7.11 Å². The van der Waals surface area contributed by atoms with Gasteiger partial charge in [0.1, 0.15) is 0 Å². The molecule has 0 fully saturated rings. The topological polar surface area (TPSA) is 64.4 Å². The lowest BCUT2D eigenvalue weighted by Crippen LogP contribution is -2.08. The van der Waals surface area contributed by atoms with Gasteiger partial charge in [-0.15, -0.1) is 0 Å². The fourth-order valence-electron chi connectivity index (χ4n) is 0.616. The minimum Gasteiger partial charge on any atom is -0.479 e. The summed E-state index contributed by atoms with van der Waals surface area (Å²) in [5, 5.41) is 5.97. The number of carbonyl (C=O) groups excluding carboxylic acids is 1. The molecule has 1 N–H and O–H groups in total. The summed E-state index contributed by atoms with van der Waals surface area (Å²) in [6, 6.07) is 1.61. The Labute approximate surface area is 63.3 Å². The summed E-state index contributed by atoms with van der Waals surface area (Å²) in [5.41, 5.74) is 0. The quantitative estimate of drug-likeness (QED) is 0.620. The molecular weight excluding hydrogens is 148 g/mol. The Bertz CT molecular complexity index is 233. The SMILES string of the molecule is COc1cc(CNC=O)on1. The monoisotopic (exact) mass is 156 g/mol. The first-order valence-corrected chi connectivity index (χ1v) is 3.03. The number of amides is 1. The van der Waals surface area contributed by atoms with Crippen LogP contribution in [0.5, 0.6) is 5.88 Å². The van der Waals surface area contributed by atoms with E-state index in [1.807, 2.05) is 0 Å². The molecule has 1 aromatic rings. The van der Waals surface area contributed by atoms with Crippen LogP contribution in [-0.2, 0) is 11.3 Å². The average molecular weight is 156 g/mol. The molecule has 0 saturated carbocycles. The summed E-state index contributed by atoms with van der Waals surface area (Å²) in [6.07, 6.45) is 0.592. The van der Waals surface area contributed by atoms with Gasteiger partial charge in [-0.3, -0.25) is 4.79 Å². The third-order valence-electron chi connectivity index (χ3n) is 1.11. The molecule has 0 bridgehead atoms. The molecule has 0 spiro atoms. The largest absolute Gasteiger partial charge is 0.479 e. The lowest BCUT2D eigenvalue weighted by Gasteiger charge is -1.88. The number of methoxy groups -OCH3 is 1. The van der Waals surface area contributed by atoms with Crippen molar-refractivity contribution < 1.29 is 14.1 Å². The molecule has 11 heavy (non-hydrogen) atoms. The molecule has 0 aromatic carbocycles. The van der Waals surface area contributed by atoms with E-state index in [0.717, 1.165) is 0 Å². The van der Waals surface area contributed by atoms with Crippen molar-refractivity contribution in [3.05, 3.63) is 11.8 Å². The van der Waals surface area contributed by atoms with Gasteiger partial charge in [0.05, 0.1) is 13.7 Å². The molecular formula is C6H8N2O3. The molecule has 5 heteroatoms. The standard InChI is InChI=1S/C6H8N2O3/c1-10-6-2-5(11-8-6)3-7-4-9/h2,4H,3H2,1H3,(H,7,9). The zero-order chi connectivity index (χ0) is 8.10. The number of hydrogen-bond acceptors (Lipinski definition) is 4. The second-order valence-electron chi connectivity index (χ2n) is 1.83. The smallest absolute Gasteiger partial charge is 0.254 e. The fraction of sp³-hybridized carbons (Fsp3) is 0.333. The Morgan fingerprint density at radius 2 is 2.73 bits per heavy atom. The lowest BCUT2D eigenvalue weighted by molar-refractivity contribution is -0.109. The zero-order valence-electron chi connectivity index (χ0n) is 6.03. The van der Waals surface area contributed by atoms with Gasteiger partial charge in [0.25, 0.3) is 5.88 Å². The molecule has 1 amide bonds. The Balaban J connectivity index is 2.50. The first kappa shape index (κ1) is 7.59. The first-order chi connectivity index (χ1) is 5.36. The highest BCUT2D eigenvalue weighted by Gasteiger charge is 2.01. The molecule has 0 aliphatic rings. The van der Waals surface area contributed by atoms with Gasteiger partial charge in [-0.05, 0) is 5.16 Å². The van der Waals surface area contributed by atoms with Crippen LogP contribution < -0.4 is 10.1 Å². The molecule has 0 aliphatic carbocycles. The summed E-state index contributed by atoms with van der Waals surface area (Å²) in [5.74, 6) is 0.974. The number of ether oxygens (including phenoxy) is 1. The predicted molar refractivity (Wildman–Crippen MR) is 36.0 cm³/mol. The van der Waals surface area contributed by atoms with Crippen molar-refractivity contribution in [3.63, 3.8) is 0 Å². The second kappa shape index (κ2) is 3.60. The van der Waals surface area contributed by atoms with Gasteiger partial charge in [-0.1, -0.05) is 0 Å². The number of carbonyl (C=O) groups is 1. The van der Waals surface area contributed by atoms with E-state index in [2.05, 4.69) is 10.5 Å². The van der Waals surface area contributed by atoms with E-state index in [9.17, 15) is 4.79 Å². The maximum Gasteiger partial charge on any atom is 0.254 e. The molecule has 60 valence electrons. The van der Waals surface area contributed by atoms with E-state index in [-0.39, 0.29) is 0 Å². The Morgan fingerprint density at radius 3 is 3.27 bits per heavy atom. The molecule has 1 aromatic heterocycles. The maximum absolute atomic E-state index is 9.85. The minimum absolute atomic E-state index is 0.333. The highest BCUT2D eigenvalue weighted by molar-refractivity contribution is 5.45. The molecule has 1 rings (SSSR count). The van der Waals surface area contributed by atoms with Gasteiger partial charge >= 0.3 is 0 Å². The molecule has 0 radical (unpaired) electrons. The Kier molecular flexibility index (Phi) is 2.48. The summed E-state index contributed by atoms with van der Waals surface area (Å²) in [7, 11) is 1.49. The van der Waals surface area contributed by atoms with E-state index in [1.54, 1.807) is 6.07 Å². The van der Waals surface area contributed by atoms with Crippen LogP contribution >= 0.6 is 0 Å². The molecule has 0 atom stereocenters. The van der Waals surface area contributed by atoms with E-state index < -0.39 is 0 Å². The second-order valence-corrected chi connectivity index (χ2v) is 1.83. The Hall–Kier alpha value is -1.52. The van der Waals surface area contributed by atoms with Crippen LogP contribution in [0.15, 0.2) is 10.6 Å². The summed E-state index contributed by atoms with van der Waals surface area (Å²) >= 11 is 0. The van der Waals surface area contributed by atoms with E-state index >= 15 is 0 Å². The van der Waals surface area contributed by atoms with Crippen molar-refractivity contribution in [2.75, 3.05) is 7.11 Å². The van der Waals surface area contributed by atoms with Crippen molar-refractivity contribution in [2.24, 2.45) is 0 Å². The van der Waals surface area contributed by atoms with Gasteiger partial charge in [0.2, 0.25) is 6.41 Å². The summed E-state index contributed by atoms with van der Waals surface area (Å²) in [4.78, 5) is 9.85. The number of nitrogens with one attached hydrogen (secondary N) is 1. The van der Waals surface area contributed by atoms with Crippen LogP contribution in [0.1, 0.15) is 5.76 Å². The molecule has 0 saturated heterocycles. The van der Waals surface area contributed by atoms with Crippen LogP contribution in [0, 0.1) is 0 Å². The number of hydrogen-bond donors (Lipinski definition) is 1. The fourth-order valence-corrected chi connectivity index (χ4v) is 0.616. The van der Waals surface area contributed by atoms with Gasteiger partial charge in [0, 0.05) is 6.07 Å². The number of rotatable bonds is 4. The van der Waals surface area contributed by atoms with Gasteiger partial charge < -0.3 is 14.6 Å². The Morgan fingerprint density at radius 1 is 1.91 bits per heavy atom. The van der Waals surface area contributed by atoms with Gasteiger partial charge in [-0.25, -0.2) is 0 Å². The third-order valence-corrected chi connectivity index (χ3v) is 1.11. The minimum atomic E-state index is 0.333. The normalized spacial score (nSPS) is 9.18. The lowest BCUT2D eigenvalue weighted by atomic mass is 10.4. The molecule has 5 nitrogen and oxygen atoms in total. The molecule has 0 aliphatic heterocycles. The van der Waals surface area contributed by atoms with Crippen molar-refractivity contribution in [3.8, 4) is 5.88 Å². The summed E-state index contributed by atoms with van der Waals surface area (Å²) < 4.78 is 9.52. The number of nitrogens with zero attached hydrogens (tertiary/aromatic N) is 1. The van der Waals surface area contributed by atoms with Crippen LogP contribution in [-0.4, -0.2) is 18.7 Å². The van der Waals surface area contributed by atoms with Crippen molar-refractivity contribution in [1.82, 2.24) is 10.5 Å². The van der Waals surface area contributed by atoms with Crippen LogP contribution in [0.4, 0.5) is 0 Å². The highest BCUT2D eigenvalue weighted by atomic mass is 16.5. The van der Waals surface area contributed by atoms with Gasteiger partial charge in [-0.2, -0.15) is 0 Å². The van der Waals surface area contributed by atoms with Crippen molar-refractivity contribution in [2.45, 2.75) is 6.54 Å². The summed E-state index contributed by atoms with van der Waals surface area (Å²) in [6.45, 7) is 0.333. The first-order valence-electron chi connectivity index (χ1n) is 3.03. The highest BCUT2D eigenvalue weighted by Crippen LogP contribution is 2.09.